The van der Waals surface area contributed by atoms with Crippen LogP contribution in [0.5, 0.6) is 6.01 Å². The Kier molecular flexibility index (Phi) is 4.91. The highest BCUT2D eigenvalue weighted by Gasteiger charge is 2.35. The summed E-state index contributed by atoms with van der Waals surface area (Å²) in [6.45, 7) is 0.378. The Morgan fingerprint density at radius 1 is 1.25 bits per heavy atom. The number of hydrogen-bond donors (Lipinski definition) is 0. The van der Waals surface area contributed by atoms with E-state index in [-0.39, 0.29) is 34.0 Å². The van der Waals surface area contributed by atoms with E-state index in [1.54, 1.807) is 0 Å². The van der Waals surface area contributed by atoms with E-state index in [4.69, 9.17) is 27.9 Å². The van der Waals surface area contributed by atoms with Crippen molar-refractivity contribution in [3.8, 4) is 6.01 Å². The number of ether oxygens (including phenoxy) is 1. The molecule has 2 heterocycles. The number of halogens is 3. The third-order valence-corrected chi connectivity index (χ3v) is 6.07. The number of sulfonamides is 1. The average molecular weight is 392 g/mol. The zero-order valence-corrected chi connectivity index (χ0v) is 14.5. The van der Waals surface area contributed by atoms with Crippen molar-refractivity contribution >= 4 is 33.2 Å². The lowest BCUT2D eigenvalue weighted by Crippen LogP contribution is -2.31. The summed E-state index contributed by atoms with van der Waals surface area (Å²) < 4.78 is 44.9. The van der Waals surface area contributed by atoms with Crippen molar-refractivity contribution in [1.82, 2.24) is 14.3 Å². The number of benzene rings is 1. The van der Waals surface area contributed by atoms with Gasteiger partial charge in [-0.3, -0.25) is 0 Å². The molecule has 0 aliphatic carbocycles. The van der Waals surface area contributed by atoms with Gasteiger partial charge < -0.3 is 4.74 Å². The summed E-state index contributed by atoms with van der Waals surface area (Å²) in [4.78, 5) is 7.35. The van der Waals surface area contributed by atoms with Crippen LogP contribution in [0.3, 0.4) is 0 Å². The number of aromatic nitrogens is 2. The van der Waals surface area contributed by atoms with Gasteiger partial charge in [0.25, 0.3) is 0 Å². The van der Waals surface area contributed by atoms with Gasteiger partial charge in [0.15, 0.2) is 5.82 Å². The first-order chi connectivity index (χ1) is 11.4. The van der Waals surface area contributed by atoms with Crippen LogP contribution < -0.4 is 4.74 Å². The van der Waals surface area contributed by atoms with Gasteiger partial charge in [-0.2, -0.15) is 4.31 Å². The summed E-state index contributed by atoms with van der Waals surface area (Å²) in [6.07, 6.45) is 2.00. The minimum absolute atomic E-state index is 0.00133. The van der Waals surface area contributed by atoms with Gasteiger partial charge in [-0.15, -0.1) is 0 Å². The lowest BCUT2D eigenvalue weighted by Gasteiger charge is -2.17. The van der Waals surface area contributed by atoms with E-state index in [1.165, 1.54) is 22.5 Å². The highest BCUT2D eigenvalue weighted by molar-refractivity contribution is 7.89. The molecule has 1 fully saturated rings. The molecule has 0 radical (unpaired) electrons. The summed E-state index contributed by atoms with van der Waals surface area (Å²) in [5.41, 5.74) is 0. The standard InChI is InChI=1S/C14H12Cl2FN3O3S/c15-9-1-2-12(16)13(5-9)24(21,22)20-4-3-11(8-20)23-14-18-6-10(17)7-19-14/h1-2,5-7,11H,3-4,8H2/t11-/m0/s1. The van der Waals surface area contributed by atoms with E-state index >= 15 is 0 Å². The first kappa shape index (κ1) is 17.3. The Balaban J connectivity index is 1.74. The summed E-state index contributed by atoms with van der Waals surface area (Å²) >= 11 is 11.9. The van der Waals surface area contributed by atoms with Crippen LogP contribution >= 0.6 is 23.2 Å². The fourth-order valence-corrected chi connectivity index (χ4v) is 4.56. The van der Waals surface area contributed by atoms with Crippen LogP contribution in [-0.2, 0) is 10.0 Å². The predicted molar refractivity (Wildman–Crippen MR) is 86.2 cm³/mol. The summed E-state index contributed by atoms with van der Waals surface area (Å²) in [6, 6.07) is 4.27. The lowest BCUT2D eigenvalue weighted by atomic mass is 10.3. The van der Waals surface area contributed by atoms with Gasteiger partial charge in [0, 0.05) is 11.6 Å². The predicted octanol–water partition coefficient (Wildman–Crippen LogP) is 2.76. The monoisotopic (exact) mass is 391 g/mol. The fourth-order valence-electron chi connectivity index (χ4n) is 2.34. The van der Waals surface area contributed by atoms with Crippen molar-refractivity contribution in [2.24, 2.45) is 0 Å². The van der Waals surface area contributed by atoms with Gasteiger partial charge in [-0.25, -0.2) is 22.8 Å². The van der Waals surface area contributed by atoms with E-state index in [1.807, 2.05) is 0 Å². The second-order valence-electron chi connectivity index (χ2n) is 5.15. The maximum absolute atomic E-state index is 12.8. The van der Waals surface area contributed by atoms with E-state index in [2.05, 4.69) is 9.97 Å². The Hall–Kier alpha value is -1.48. The van der Waals surface area contributed by atoms with E-state index < -0.39 is 21.9 Å². The molecule has 2 aromatic rings. The third-order valence-electron chi connectivity index (χ3n) is 3.49. The van der Waals surface area contributed by atoms with E-state index in [0.29, 0.717) is 6.42 Å². The molecule has 128 valence electrons. The second kappa shape index (κ2) is 6.79. The molecular formula is C14H12Cl2FN3O3S. The van der Waals surface area contributed by atoms with Crippen LogP contribution in [-0.4, -0.2) is 41.9 Å². The molecule has 0 N–H and O–H groups in total. The van der Waals surface area contributed by atoms with Crippen LogP contribution in [0.4, 0.5) is 4.39 Å². The normalized spacial score (nSPS) is 18.7. The summed E-state index contributed by atoms with van der Waals surface area (Å²) in [5, 5.41) is 0.385. The molecule has 0 saturated carbocycles. The molecule has 1 atom stereocenters. The number of hydrogen-bond acceptors (Lipinski definition) is 5. The molecule has 0 amide bonds. The van der Waals surface area contributed by atoms with Gasteiger partial charge in [0.2, 0.25) is 10.0 Å². The Morgan fingerprint density at radius 2 is 1.96 bits per heavy atom. The van der Waals surface area contributed by atoms with Crippen LogP contribution in [0.15, 0.2) is 35.5 Å². The molecule has 10 heteroatoms. The average Bonchev–Trinajstić information content (AvgIpc) is 3.01. The van der Waals surface area contributed by atoms with Gasteiger partial charge in [-0.05, 0) is 24.6 Å². The lowest BCUT2D eigenvalue weighted by molar-refractivity contribution is 0.197. The minimum Gasteiger partial charge on any atom is -0.459 e. The smallest absolute Gasteiger partial charge is 0.316 e. The van der Waals surface area contributed by atoms with Crippen LogP contribution in [0.2, 0.25) is 10.0 Å². The van der Waals surface area contributed by atoms with Gasteiger partial charge in [-0.1, -0.05) is 23.2 Å². The second-order valence-corrected chi connectivity index (χ2v) is 7.90. The van der Waals surface area contributed by atoms with Crippen molar-refractivity contribution in [1.29, 1.82) is 0 Å². The molecule has 1 aliphatic rings. The van der Waals surface area contributed by atoms with Crippen LogP contribution in [0, 0.1) is 5.82 Å². The number of rotatable bonds is 4. The first-order valence-corrected chi connectivity index (χ1v) is 9.15. The zero-order valence-electron chi connectivity index (χ0n) is 12.2. The highest BCUT2D eigenvalue weighted by Crippen LogP contribution is 2.30. The minimum atomic E-state index is -3.79. The maximum Gasteiger partial charge on any atom is 0.316 e. The molecule has 0 spiro atoms. The maximum atomic E-state index is 12.8. The van der Waals surface area contributed by atoms with Crippen LogP contribution in [0.1, 0.15) is 6.42 Å². The Labute approximate surface area is 148 Å². The number of nitrogens with zero attached hydrogens (tertiary/aromatic N) is 3. The molecule has 6 nitrogen and oxygen atoms in total. The molecule has 1 aromatic carbocycles. The molecule has 0 unspecified atom stereocenters. The summed E-state index contributed by atoms with van der Waals surface area (Å²) in [5.74, 6) is -0.575. The van der Waals surface area contributed by atoms with Crippen molar-refractivity contribution in [3.05, 3.63) is 46.5 Å². The molecule has 0 bridgehead atoms. The zero-order chi connectivity index (χ0) is 17.3. The van der Waals surface area contributed by atoms with Gasteiger partial charge in [0.05, 0.1) is 24.0 Å². The topological polar surface area (TPSA) is 72.4 Å². The molecule has 1 aliphatic heterocycles. The van der Waals surface area contributed by atoms with E-state index in [0.717, 1.165) is 12.4 Å². The molecule has 1 saturated heterocycles. The Bertz CT molecular complexity index is 849. The van der Waals surface area contributed by atoms with E-state index in [9.17, 15) is 12.8 Å². The fraction of sp³-hybridized carbons (Fsp3) is 0.286. The van der Waals surface area contributed by atoms with Crippen molar-refractivity contribution in [3.63, 3.8) is 0 Å². The van der Waals surface area contributed by atoms with Crippen molar-refractivity contribution in [2.45, 2.75) is 17.4 Å². The van der Waals surface area contributed by atoms with Crippen LogP contribution in [0.25, 0.3) is 0 Å². The van der Waals surface area contributed by atoms with Crippen molar-refractivity contribution < 1.29 is 17.5 Å². The Morgan fingerprint density at radius 3 is 2.67 bits per heavy atom. The SMILES string of the molecule is O=S(=O)(c1cc(Cl)ccc1Cl)N1CC[C@H](Oc2ncc(F)cn2)C1. The molecule has 3 rings (SSSR count). The summed E-state index contributed by atoms with van der Waals surface area (Å²) in [7, 11) is -3.79. The molecule has 24 heavy (non-hydrogen) atoms. The largest absolute Gasteiger partial charge is 0.459 e. The molecule has 1 aromatic heterocycles. The van der Waals surface area contributed by atoms with Crippen molar-refractivity contribution in [2.75, 3.05) is 13.1 Å². The quantitative estimate of drug-likeness (QED) is 0.800. The van der Waals surface area contributed by atoms with Gasteiger partial charge in [0.1, 0.15) is 11.0 Å². The first-order valence-electron chi connectivity index (χ1n) is 6.95. The molecular weight excluding hydrogens is 380 g/mol. The highest BCUT2D eigenvalue weighted by atomic mass is 35.5. The third kappa shape index (κ3) is 3.61. The van der Waals surface area contributed by atoms with Gasteiger partial charge >= 0.3 is 6.01 Å².